The SMILES string of the molecule is N=Cc1ccc2c(c1)OCC2. The van der Waals surface area contributed by atoms with Crippen LogP contribution < -0.4 is 4.74 Å². The third-order valence-corrected chi connectivity index (χ3v) is 1.89. The van der Waals surface area contributed by atoms with Gasteiger partial charge in [-0.05, 0) is 17.2 Å². The van der Waals surface area contributed by atoms with Crippen molar-refractivity contribution in [2.75, 3.05) is 6.61 Å². The minimum atomic E-state index is 0.788. The Kier molecular flexibility index (Phi) is 1.39. The van der Waals surface area contributed by atoms with Crippen molar-refractivity contribution in [1.29, 1.82) is 5.41 Å². The Morgan fingerprint density at radius 1 is 1.45 bits per heavy atom. The zero-order valence-corrected chi connectivity index (χ0v) is 6.13. The average molecular weight is 147 g/mol. The van der Waals surface area contributed by atoms with Gasteiger partial charge >= 0.3 is 0 Å². The van der Waals surface area contributed by atoms with Crippen LogP contribution in [0.1, 0.15) is 11.1 Å². The van der Waals surface area contributed by atoms with Gasteiger partial charge in [0.05, 0.1) is 6.61 Å². The lowest BCUT2D eigenvalue weighted by molar-refractivity contribution is 0.357. The maximum atomic E-state index is 7.03. The van der Waals surface area contributed by atoms with Crippen molar-refractivity contribution in [2.45, 2.75) is 6.42 Å². The second kappa shape index (κ2) is 2.38. The predicted molar refractivity (Wildman–Crippen MR) is 43.5 cm³/mol. The van der Waals surface area contributed by atoms with Crippen LogP contribution in [0.4, 0.5) is 0 Å². The molecule has 1 N–H and O–H groups in total. The lowest BCUT2D eigenvalue weighted by Gasteiger charge is -1.98. The van der Waals surface area contributed by atoms with Crippen LogP contribution in [0.2, 0.25) is 0 Å². The van der Waals surface area contributed by atoms with E-state index >= 15 is 0 Å². The number of fused-ring (bicyclic) bond motifs is 1. The van der Waals surface area contributed by atoms with E-state index in [1.165, 1.54) is 11.8 Å². The number of ether oxygens (including phenoxy) is 1. The highest BCUT2D eigenvalue weighted by Crippen LogP contribution is 2.25. The molecule has 0 atom stereocenters. The molecule has 1 aromatic rings. The zero-order valence-electron chi connectivity index (χ0n) is 6.13. The van der Waals surface area contributed by atoms with E-state index in [1.54, 1.807) is 0 Å². The minimum absolute atomic E-state index is 0.788. The summed E-state index contributed by atoms with van der Waals surface area (Å²) >= 11 is 0. The Morgan fingerprint density at radius 2 is 2.36 bits per heavy atom. The summed E-state index contributed by atoms with van der Waals surface area (Å²) in [5, 5.41) is 7.03. The first-order valence-corrected chi connectivity index (χ1v) is 3.66. The quantitative estimate of drug-likeness (QED) is 0.601. The first kappa shape index (κ1) is 6.40. The van der Waals surface area contributed by atoms with Gasteiger partial charge in [-0.1, -0.05) is 12.1 Å². The highest BCUT2D eigenvalue weighted by atomic mass is 16.5. The van der Waals surface area contributed by atoms with Crippen molar-refractivity contribution in [2.24, 2.45) is 0 Å². The molecule has 56 valence electrons. The fourth-order valence-electron chi connectivity index (χ4n) is 1.27. The van der Waals surface area contributed by atoms with Crippen molar-refractivity contribution in [3.05, 3.63) is 29.3 Å². The smallest absolute Gasteiger partial charge is 0.123 e. The Balaban J connectivity index is 2.48. The Labute approximate surface area is 65.3 Å². The second-order valence-corrected chi connectivity index (χ2v) is 2.61. The number of nitrogens with one attached hydrogen (secondary N) is 1. The molecule has 1 aromatic carbocycles. The van der Waals surface area contributed by atoms with Gasteiger partial charge < -0.3 is 10.1 Å². The van der Waals surface area contributed by atoms with Crippen molar-refractivity contribution in [1.82, 2.24) is 0 Å². The summed E-state index contributed by atoms with van der Waals surface area (Å²) in [4.78, 5) is 0. The third kappa shape index (κ3) is 1.00. The third-order valence-electron chi connectivity index (χ3n) is 1.89. The molecular formula is C9H9NO. The molecule has 0 aromatic heterocycles. The first-order valence-electron chi connectivity index (χ1n) is 3.66. The molecule has 0 aliphatic carbocycles. The minimum Gasteiger partial charge on any atom is -0.493 e. The molecule has 1 aliphatic rings. The van der Waals surface area contributed by atoms with Crippen LogP contribution in [0.3, 0.4) is 0 Å². The molecule has 1 heterocycles. The van der Waals surface area contributed by atoms with Crippen LogP contribution in [0.15, 0.2) is 18.2 Å². The van der Waals surface area contributed by atoms with Gasteiger partial charge in [-0.3, -0.25) is 0 Å². The van der Waals surface area contributed by atoms with Gasteiger partial charge in [0, 0.05) is 12.6 Å². The summed E-state index contributed by atoms with van der Waals surface area (Å²) in [6.45, 7) is 0.788. The molecule has 0 bridgehead atoms. The van der Waals surface area contributed by atoms with Crippen LogP contribution in [0, 0.1) is 5.41 Å². The molecule has 2 nitrogen and oxygen atoms in total. The molecule has 11 heavy (non-hydrogen) atoms. The van der Waals surface area contributed by atoms with Crippen LogP contribution in [-0.2, 0) is 6.42 Å². The predicted octanol–water partition coefficient (Wildman–Crippen LogP) is 1.62. The fraction of sp³-hybridized carbons (Fsp3) is 0.222. The zero-order chi connectivity index (χ0) is 7.68. The molecule has 2 heteroatoms. The van der Waals surface area contributed by atoms with Gasteiger partial charge in [0.1, 0.15) is 5.75 Å². The maximum absolute atomic E-state index is 7.03. The number of hydrogen-bond acceptors (Lipinski definition) is 2. The topological polar surface area (TPSA) is 33.1 Å². The van der Waals surface area contributed by atoms with Gasteiger partial charge in [0.2, 0.25) is 0 Å². The van der Waals surface area contributed by atoms with E-state index in [-0.39, 0.29) is 0 Å². The lowest BCUT2D eigenvalue weighted by atomic mass is 10.1. The van der Waals surface area contributed by atoms with Gasteiger partial charge in [-0.2, -0.15) is 0 Å². The lowest BCUT2D eigenvalue weighted by Crippen LogP contribution is -1.86. The number of rotatable bonds is 1. The van der Waals surface area contributed by atoms with Gasteiger partial charge in [-0.15, -0.1) is 0 Å². The summed E-state index contributed by atoms with van der Waals surface area (Å²) in [6, 6.07) is 5.89. The van der Waals surface area contributed by atoms with Crippen LogP contribution in [-0.4, -0.2) is 12.8 Å². The maximum Gasteiger partial charge on any atom is 0.123 e. The summed E-state index contributed by atoms with van der Waals surface area (Å²) in [5.74, 6) is 0.950. The Morgan fingerprint density at radius 3 is 3.18 bits per heavy atom. The molecule has 0 fully saturated rings. The van der Waals surface area contributed by atoms with Crippen LogP contribution in [0.25, 0.3) is 0 Å². The largest absolute Gasteiger partial charge is 0.493 e. The van der Waals surface area contributed by atoms with E-state index in [4.69, 9.17) is 10.1 Å². The normalized spacial score (nSPS) is 13.8. The van der Waals surface area contributed by atoms with E-state index in [1.807, 2.05) is 18.2 Å². The van der Waals surface area contributed by atoms with Crippen molar-refractivity contribution >= 4 is 6.21 Å². The second-order valence-electron chi connectivity index (χ2n) is 2.61. The molecule has 0 saturated carbocycles. The number of benzene rings is 1. The fourth-order valence-corrected chi connectivity index (χ4v) is 1.27. The summed E-state index contributed by atoms with van der Waals surface area (Å²) in [6.07, 6.45) is 2.34. The van der Waals surface area contributed by atoms with E-state index in [0.717, 1.165) is 24.3 Å². The molecule has 0 radical (unpaired) electrons. The molecule has 0 unspecified atom stereocenters. The van der Waals surface area contributed by atoms with Crippen LogP contribution in [0.5, 0.6) is 5.75 Å². The molecule has 2 rings (SSSR count). The van der Waals surface area contributed by atoms with E-state index in [9.17, 15) is 0 Å². The van der Waals surface area contributed by atoms with Gasteiger partial charge in [0.15, 0.2) is 0 Å². The van der Waals surface area contributed by atoms with E-state index in [0.29, 0.717) is 0 Å². The average Bonchev–Trinajstić information content (AvgIpc) is 2.50. The summed E-state index contributed by atoms with van der Waals surface area (Å²) in [7, 11) is 0. The van der Waals surface area contributed by atoms with E-state index < -0.39 is 0 Å². The van der Waals surface area contributed by atoms with Gasteiger partial charge in [-0.25, -0.2) is 0 Å². The Bertz CT molecular complexity index is 294. The van der Waals surface area contributed by atoms with E-state index in [2.05, 4.69) is 0 Å². The van der Waals surface area contributed by atoms with Crippen LogP contribution >= 0.6 is 0 Å². The monoisotopic (exact) mass is 147 g/mol. The first-order chi connectivity index (χ1) is 5.40. The summed E-state index contributed by atoms with van der Waals surface area (Å²) < 4.78 is 5.34. The molecule has 1 aliphatic heterocycles. The molecule has 0 amide bonds. The highest BCUT2D eigenvalue weighted by Gasteiger charge is 2.10. The number of hydrogen-bond donors (Lipinski definition) is 1. The standard InChI is InChI=1S/C9H9NO/c10-6-7-1-2-8-3-4-11-9(8)5-7/h1-2,5-6,10H,3-4H2. The van der Waals surface area contributed by atoms with Crippen molar-refractivity contribution in [3.63, 3.8) is 0 Å². The van der Waals surface area contributed by atoms with Crippen molar-refractivity contribution in [3.8, 4) is 5.75 Å². The van der Waals surface area contributed by atoms with Gasteiger partial charge in [0.25, 0.3) is 0 Å². The van der Waals surface area contributed by atoms with Crippen molar-refractivity contribution < 1.29 is 4.74 Å². The molecule has 0 spiro atoms. The molecular weight excluding hydrogens is 138 g/mol. The highest BCUT2D eigenvalue weighted by molar-refractivity contribution is 5.78. The summed E-state index contributed by atoms with van der Waals surface area (Å²) in [5.41, 5.74) is 2.17. The molecule has 0 saturated heterocycles. The Hall–Kier alpha value is -1.31.